The summed E-state index contributed by atoms with van der Waals surface area (Å²) in [4.78, 5) is 13.5. The van der Waals surface area contributed by atoms with Crippen molar-refractivity contribution in [3.05, 3.63) is 76.4 Å². The Labute approximate surface area is 166 Å². The van der Waals surface area contributed by atoms with Crippen LogP contribution >= 0.6 is 23.1 Å². The molecule has 4 aromatic rings. The van der Waals surface area contributed by atoms with E-state index in [0.717, 1.165) is 21.5 Å². The largest absolute Gasteiger partial charge is 0.342 e. The Bertz CT molecular complexity index is 1070. The van der Waals surface area contributed by atoms with Crippen molar-refractivity contribution in [1.29, 1.82) is 0 Å². The van der Waals surface area contributed by atoms with Gasteiger partial charge in [-0.15, -0.1) is 33.3 Å². The lowest BCUT2D eigenvalue weighted by Crippen LogP contribution is -2.05. The van der Waals surface area contributed by atoms with Crippen LogP contribution in [0.15, 0.2) is 65.7 Å². The number of benzene rings is 2. The molecular formula is C21H19N3OS2. The molecule has 0 spiro atoms. The number of carbonyl (C=O) groups is 1. The van der Waals surface area contributed by atoms with Gasteiger partial charge in [0.1, 0.15) is 15.8 Å². The van der Waals surface area contributed by atoms with Gasteiger partial charge in [-0.1, -0.05) is 48.5 Å². The molecule has 0 amide bonds. The molecule has 0 saturated heterocycles. The van der Waals surface area contributed by atoms with Crippen LogP contribution in [0.3, 0.4) is 0 Å². The summed E-state index contributed by atoms with van der Waals surface area (Å²) in [6.45, 7) is 2.72. The summed E-state index contributed by atoms with van der Waals surface area (Å²) >= 11 is 3.09. The molecule has 136 valence electrons. The van der Waals surface area contributed by atoms with Gasteiger partial charge in [0, 0.05) is 28.5 Å². The molecular weight excluding hydrogens is 374 g/mol. The van der Waals surface area contributed by atoms with Gasteiger partial charge in [-0.2, -0.15) is 0 Å². The van der Waals surface area contributed by atoms with Gasteiger partial charge in [0.05, 0.1) is 12.2 Å². The fourth-order valence-corrected chi connectivity index (χ4v) is 4.71. The minimum atomic E-state index is 0.177. The predicted molar refractivity (Wildman–Crippen MR) is 112 cm³/mol. The minimum Gasteiger partial charge on any atom is -0.342 e. The van der Waals surface area contributed by atoms with Crippen molar-refractivity contribution < 1.29 is 4.79 Å². The fourth-order valence-electron chi connectivity index (χ4n) is 3.03. The van der Waals surface area contributed by atoms with E-state index in [0.29, 0.717) is 12.2 Å². The molecule has 0 aliphatic heterocycles. The van der Waals surface area contributed by atoms with E-state index in [2.05, 4.69) is 63.4 Å². The number of aromatic nitrogens is 3. The Morgan fingerprint density at radius 2 is 1.85 bits per heavy atom. The number of rotatable bonds is 7. The van der Waals surface area contributed by atoms with Crippen LogP contribution in [0.25, 0.3) is 10.9 Å². The lowest BCUT2D eigenvalue weighted by molar-refractivity contribution is -0.116. The fraction of sp³-hybridized carbons (Fsp3) is 0.190. The van der Waals surface area contributed by atoms with E-state index in [-0.39, 0.29) is 5.78 Å². The molecule has 0 bridgehead atoms. The zero-order valence-electron chi connectivity index (χ0n) is 15.0. The van der Waals surface area contributed by atoms with E-state index < -0.39 is 0 Å². The van der Waals surface area contributed by atoms with E-state index in [1.54, 1.807) is 11.8 Å². The number of para-hydroxylation sites is 1. The molecule has 2 aromatic heterocycles. The summed E-state index contributed by atoms with van der Waals surface area (Å²) in [7, 11) is 0. The summed E-state index contributed by atoms with van der Waals surface area (Å²) in [5.74, 6) is 0.619. The van der Waals surface area contributed by atoms with Crippen LogP contribution in [0.1, 0.15) is 15.6 Å². The standard InChI is InChI=1S/C21H19N3OS2/c1-15-22-23-21(27-15)11-17(25)14-26-20-13-24(12-16-7-3-2-4-8-16)19-10-6-5-9-18(19)20/h2-10,13H,11-12,14H2,1H3. The zero-order chi connectivity index (χ0) is 18.6. The van der Waals surface area contributed by atoms with Crippen LogP contribution in [0.5, 0.6) is 0 Å². The predicted octanol–water partition coefficient (Wildman–Crippen LogP) is 4.75. The van der Waals surface area contributed by atoms with E-state index in [1.807, 2.05) is 19.1 Å². The highest BCUT2D eigenvalue weighted by atomic mass is 32.2. The van der Waals surface area contributed by atoms with Crippen LogP contribution in [0.4, 0.5) is 0 Å². The number of carbonyl (C=O) groups excluding carboxylic acids is 1. The third-order valence-corrected chi connectivity index (χ3v) is 6.19. The van der Waals surface area contributed by atoms with Crippen molar-refractivity contribution in [2.24, 2.45) is 0 Å². The Balaban J connectivity index is 1.50. The molecule has 6 heteroatoms. The third kappa shape index (κ3) is 4.28. The molecule has 4 nitrogen and oxygen atoms in total. The molecule has 4 rings (SSSR count). The monoisotopic (exact) mass is 393 g/mol. The average molecular weight is 394 g/mol. The van der Waals surface area contributed by atoms with E-state index in [4.69, 9.17) is 0 Å². The smallest absolute Gasteiger partial charge is 0.149 e. The average Bonchev–Trinajstić information content (AvgIpc) is 3.25. The van der Waals surface area contributed by atoms with Crippen molar-refractivity contribution in [2.45, 2.75) is 24.8 Å². The Morgan fingerprint density at radius 1 is 1.07 bits per heavy atom. The maximum atomic E-state index is 12.3. The molecule has 0 aliphatic rings. The Hall–Kier alpha value is -2.44. The normalized spacial score (nSPS) is 11.1. The molecule has 0 fully saturated rings. The number of Topliss-reactive ketones (excluding diaryl/α,β-unsaturated/α-hetero) is 1. The molecule has 2 aromatic carbocycles. The van der Waals surface area contributed by atoms with Gasteiger partial charge in [0.25, 0.3) is 0 Å². The number of aryl methyl sites for hydroxylation is 1. The zero-order valence-corrected chi connectivity index (χ0v) is 16.6. The number of nitrogens with zero attached hydrogens (tertiary/aromatic N) is 3. The van der Waals surface area contributed by atoms with Crippen molar-refractivity contribution >= 4 is 39.8 Å². The van der Waals surface area contributed by atoms with Crippen molar-refractivity contribution in [2.75, 3.05) is 5.75 Å². The van der Waals surface area contributed by atoms with Crippen LogP contribution in [-0.2, 0) is 17.8 Å². The van der Waals surface area contributed by atoms with Gasteiger partial charge in [-0.05, 0) is 18.6 Å². The van der Waals surface area contributed by atoms with Crippen LogP contribution in [0.2, 0.25) is 0 Å². The van der Waals surface area contributed by atoms with Crippen LogP contribution < -0.4 is 0 Å². The number of hydrogen-bond donors (Lipinski definition) is 0. The second-order valence-corrected chi connectivity index (χ2v) is 8.63. The SMILES string of the molecule is Cc1nnc(CC(=O)CSc2cn(Cc3ccccc3)c3ccccc23)s1. The second kappa shape index (κ2) is 8.06. The maximum absolute atomic E-state index is 12.3. The minimum absolute atomic E-state index is 0.177. The van der Waals surface area contributed by atoms with Crippen molar-refractivity contribution in [3.63, 3.8) is 0 Å². The molecule has 0 N–H and O–H groups in total. The first-order chi connectivity index (χ1) is 13.2. The van der Waals surface area contributed by atoms with E-state index in [9.17, 15) is 4.79 Å². The maximum Gasteiger partial charge on any atom is 0.149 e. The molecule has 0 saturated carbocycles. The molecule has 2 heterocycles. The Morgan fingerprint density at radius 3 is 2.63 bits per heavy atom. The first-order valence-corrected chi connectivity index (χ1v) is 10.5. The van der Waals surface area contributed by atoms with Gasteiger partial charge in [0.2, 0.25) is 0 Å². The Kier molecular flexibility index (Phi) is 5.36. The van der Waals surface area contributed by atoms with Crippen LogP contribution in [-0.4, -0.2) is 26.3 Å². The highest BCUT2D eigenvalue weighted by Crippen LogP contribution is 2.30. The van der Waals surface area contributed by atoms with Gasteiger partial charge in [-0.3, -0.25) is 4.79 Å². The quantitative estimate of drug-likeness (QED) is 0.425. The first kappa shape index (κ1) is 17.9. The topological polar surface area (TPSA) is 47.8 Å². The summed E-state index contributed by atoms with van der Waals surface area (Å²) in [5.41, 5.74) is 2.45. The second-order valence-electron chi connectivity index (χ2n) is 6.34. The molecule has 0 atom stereocenters. The number of hydrogen-bond acceptors (Lipinski definition) is 5. The highest BCUT2D eigenvalue weighted by Gasteiger charge is 2.13. The molecule has 0 radical (unpaired) electrons. The van der Waals surface area contributed by atoms with Gasteiger partial charge >= 0.3 is 0 Å². The lowest BCUT2D eigenvalue weighted by Gasteiger charge is -2.05. The molecule has 27 heavy (non-hydrogen) atoms. The summed E-state index contributed by atoms with van der Waals surface area (Å²) < 4.78 is 2.26. The summed E-state index contributed by atoms with van der Waals surface area (Å²) in [5, 5.41) is 10.9. The van der Waals surface area contributed by atoms with Crippen LogP contribution in [0, 0.1) is 6.92 Å². The van der Waals surface area contributed by atoms with Gasteiger partial charge < -0.3 is 4.57 Å². The molecule has 0 aliphatic carbocycles. The van der Waals surface area contributed by atoms with Gasteiger partial charge in [0.15, 0.2) is 0 Å². The number of ketones is 1. The summed E-state index contributed by atoms with van der Waals surface area (Å²) in [6, 6.07) is 18.8. The first-order valence-electron chi connectivity index (χ1n) is 8.74. The number of thioether (sulfide) groups is 1. The summed E-state index contributed by atoms with van der Waals surface area (Å²) in [6.07, 6.45) is 2.52. The van der Waals surface area contributed by atoms with Crippen molar-refractivity contribution in [3.8, 4) is 0 Å². The van der Waals surface area contributed by atoms with E-state index in [1.165, 1.54) is 27.8 Å². The van der Waals surface area contributed by atoms with Crippen molar-refractivity contribution in [1.82, 2.24) is 14.8 Å². The lowest BCUT2D eigenvalue weighted by atomic mass is 10.2. The van der Waals surface area contributed by atoms with E-state index >= 15 is 0 Å². The third-order valence-electron chi connectivity index (χ3n) is 4.25. The highest BCUT2D eigenvalue weighted by molar-refractivity contribution is 8.00. The van der Waals surface area contributed by atoms with Gasteiger partial charge in [-0.25, -0.2) is 0 Å². The number of fused-ring (bicyclic) bond motifs is 1. The molecule has 0 unspecified atom stereocenters.